The Labute approximate surface area is 268 Å². The molecule has 1 rings (SSSR count). The maximum Gasteiger partial charge on any atom is 0.124 e. The van der Waals surface area contributed by atoms with Crippen molar-refractivity contribution in [2.75, 3.05) is 0 Å². The number of aldehydes is 1. The van der Waals surface area contributed by atoms with E-state index in [1.165, 1.54) is 18.1 Å². The third kappa shape index (κ3) is 20.6. The molecule has 0 saturated heterocycles. The fourth-order valence-corrected chi connectivity index (χ4v) is 3.46. The second kappa shape index (κ2) is 27.0. The predicted molar refractivity (Wildman–Crippen MR) is 195 cm³/mol. The highest BCUT2D eigenvalue weighted by atomic mass is 35.5. The lowest BCUT2D eigenvalue weighted by Gasteiger charge is -2.09. The van der Waals surface area contributed by atoms with Crippen LogP contribution in [0.2, 0.25) is 5.02 Å². The van der Waals surface area contributed by atoms with E-state index in [9.17, 15) is 5.11 Å². The number of nitrogens with one attached hydrogen (secondary N) is 1. The van der Waals surface area contributed by atoms with Crippen molar-refractivity contribution in [2.24, 2.45) is 4.99 Å². The smallest absolute Gasteiger partial charge is 0.124 e. The molecule has 0 atom stereocenters. The number of phenolic OH excluding ortho intramolecular Hbond substituents is 1. The number of aromatic hydroxyl groups is 1. The molecule has 0 saturated carbocycles. The lowest BCUT2D eigenvalue weighted by Crippen LogP contribution is -2.17. The zero-order chi connectivity index (χ0) is 34.0. The largest absolute Gasteiger partial charge is 0.507 e. The van der Waals surface area contributed by atoms with Gasteiger partial charge in [0, 0.05) is 17.5 Å². The molecule has 1 aromatic carbocycles. The lowest BCUT2D eigenvalue weighted by molar-refractivity contribution is -0.106. The molecule has 0 heterocycles. The molecule has 0 aliphatic carbocycles. The van der Waals surface area contributed by atoms with Crippen molar-refractivity contribution in [3.63, 3.8) is 0 Å². The molecule has 0 bridgehead atoms. The van der Waals surface area contributed by atoms with Gasteiger partial charge in [0.1, 0.15) is 17.9 Å². The van der Waals surface area contributed by atoms with E-state index in [2.05, 4.69) is 56.0 Å². The van der Waals surface area contributed by atoms with E-state index in [1.807, 2.05) is 85.8 Å². The molecule has 0 fully saturated rings. The van der Waals surface area contributed by atoms with E-state index in [-0.39, 0.29) is 5.75 Å². The minimum Gasteiger partial charge on any atom is -0.507 e. The van der Waals surface area contributed by atoms with E-state index in [1.54, 1.807) is 24.4 Å². The summed E-state index contributed by atoms with van der Waals surface area (Å²) in [6, 6.07) is 5.07. The van der Waals surface area contributed by atoms with Gasteiger partial charge in [0.2, 0.25) is 0 Å². The Morgan fingerprint density at radius 3 is 2.05 bits per heavy atom. The van der Waals surface area contributed by atoms with Crippen molar-refractivity contribution in [2.45, 2.75) is 82.6 Å². The van der Waals surface area contributed by atoms with Gasteiger partial charge in [0.05, 0.1) is 5.02 Å². The van der Waals surface area contributed by atoms with Crippen LogP contribution in [-0.4, -0.2) is 17.2 Å². The number of hydrogen-bond acceptors (Lipinski definition) is 3. The van der Waals surface area contributed by atoms with Gasteiger partial charge in [0.15, 0.2) is 0 Å². The molecular formula is C38H55ClN2O2. The maximum atomic E-state index is 10.1. The van der Waals surface area contributed by atoms with Crippen LogP contribution in [0.1, 0.15) is 88.1 Å². The molecule has 5 heteroatoms. The summed E-state index contributed by atoms with van der Waals surface area (Å²) in [5, 5.41) is 13.8. The van der Waals surface area contributed by atoms with Crippen LogP contribution in [0.4, 0.5) is 0 Å². The highest BCUT2D eigenvalue weighted by Crippen LogP contribution is 2.33. The van der Waals surface area contributed by atoms with E-state index in [0.717, 1.165) is 40.7 Å². The summed E-state index contributed by atoms with van der Waals surface area (Å²) in [5.41, 5.74) is 7.68. The molecule has 0 aliphatic heterocycles. The standard InChI is InChI=1S/C24H29ClN2O.C10H16.C2H4O.C2H6/c1-8-17(4)12-13-19(6)27-20(7)26-15-21(16(2)3)14-18(5)24-22(25)10-9-11-23(24)28;1-5-8-10(7-3)9(4)6-2;1-2-3;1-2/h8-15,28H,2,6H2,1,3-5,7H3,(H,26,27);5-6,8H,2,7H2,1,3-4H3;2H,1H3;1-2H3/b13-12-,17-8-,18-14+,21-15-;8-5-,10-9-;;. The van der Waals surface area contributed by atoms with Gasteiger partial charge in [-0.3, -0.25) is 0 Å². The van der Waals surface area contributed by atoms with Gasteiger partial charge >= 0.3 is 0 Å². The van der Waals surface area contributed by atoms with Gasteiger partial charge in [-0.25, -0.2) is 4.99 Å². The monoisotopic (exact) mass is 606 g/mol. The Morgan fingerprint density at radius 1 is 1.02 bits per heavy atom. The first-order valence-corrected chi connectivity index (χ1v) is 14.9. The molecule has 0 radical (unpaired) electrons. The van der Waals surface area contributed by atoms with Gasteiger partial charge in [-0.05, 0) is 114 Å². The molecule has 4 nitrogen and oxygen atoms in total. The number of hydrogen-bond donors (Lipinski definition) is 2. The Kier molecular flexibility index (Phi) is 27.3. The first kappa shape index (κ1) is 43.6. The number of rotatable bonds is 10. The van der Waals surface area contributed by atoms with Crippen molar-refractivity contribution in [3.05, 3.63) is 131 Å². The van der Waals surface area contributed by atoms with Crippen LogP contribution in [0.15, 0.2) is 125 Å². The summed E-state index contributed by atoms with van der Waals surface area (Å²) in [6.07, 6.45) is 17.5. The third-order valence-corrected chi connectivity index (χ3v) is 5.87. The summed E-state index contributed by atoms with van der Waals surface area (Å²) in [7, 11) is 0. The van der Waals surface area contributed by atoms with Crippen molar-refractivity contribution < 1.29 is 9.90 Å². The molecular weight excluding hydrogens is 552 g/mol. The summed E-state index contributed by atoms with van der Waals surface area (Å²) < 4.78 is 0. The van der Waals surface area contributed by atoms with Gasteiger partial charge in [-0.2, -0.15) is 0 Å². The SMILES string of the molecule is C=C(/C=C\C(C)=C/C)NC(C)=N/C=C(/C=C(\C)c1c(O)cccc1Cl)C(=C)C.C=C/C(C)=C(\C=C/C)CC.CC.CC=O. The van der Waals surface area contributed by atoms with Gasteiger partial charge in [0.25, 0.3) is 0 Å². The molecule has 0 amide bonds. The predicted octanol–water partition coefficient (Wildman–Crippen LogP) is 11.7. The van der Waals surface area contributed by atoms with Crippen LogP contribution >= 0.6 is 11.6 Å². The highest BCUT2D eigenvalue weighted by Gasteiger charge is 2.09. The summed E-state index contributed by atoms with van der Waals surface area (Å²) in [6.45, 7) is 33.1. The minimum atomic E-state index is 0.142. The van der Waals surface area contributed by atoms with Crippen molar-refractivity contribution in [1.82, 2.24) is 5.32 Å². The van der Waals surface area contributed by atoms with Crippen LogP contribution in [-0.2, 0) is 4.79 Å². The maximum absolute atomic E-state index is 10.1. The summed E-state index contributed by atoms with van der Waals surface area (Å²) >= 11 is 6.23. The molecule has 236 valence electrons. The molecule has 0 aliphatic rings. The van der Waals surface area contributed by atoms with Crippen LogP contribution < -0.4 is 5.32 Å². The zero-order valence-electron chi connectivity index (χ0n) is 28.4. The Bertz CT molecular complexity index is 1230. The number of benzene rings is 1. The molecule has 1 aromatic rings. The van der Waals surface area contributed by atoms with Crippen LogP contribution in [0.25, 0.3) is 5.57 Å². The topological polar surface area (TPSA) is 61.7 Å². The minimum absolute atomic E-state index is 0.142. The fourth-order valence-electron chi connectivity index (χ4n) is 3.14. The number of phenols is 1. The van der Waals surface area contributed by atoms with E-state index in [0.29, 0.717) is 16.4 Å². The van der Waals surface area contributed by atoms with Crippen molar-refractivity contribution in [1.29, 1.82) is 0 Å². The molecule has 0 spiro atoms. The van der Waals surface area contributed by atoms with Crippen LogP contribution in [0.5, 0.6) is 5.75 Å². The second-order valence-corrected chi connectivity index (χ2v) is 9.47. The third-order valence-electron chi connectivity index (χ3n) is 5.55. The van der Waals surface area contributed by atoms with E-state index in [4.69, 9.17) is 16.4 Å². The Morgan fingerprint density at radius 2 is 1.60 bits per heavy atom. The second-order valence-electron chi connectivity index (χ2n) is 9.06. The quantitative estimate of drug-likeness (QED) is 0.120. The van der Waals surface area contributed by atoms with Crippen LogP contribution in [0.3, 0.4) is 0 Å². The number of amidine groups is 1. The van der Waals surface area contributed by atoms with Gasteiger partial charge in [-0.1, -0.05) is 94.1 Å². The molecule has 2 N–H and O–H groups in total. The number of allylic oxidation sites excluding steroid dienone is 13. The van der Waals surface area contributed by atoms with Gasteiger partial charge in [-0.15, -0.1) is 0 Å². The molecule has 0 unspecified atom stereocenters. The molecule has 0 aromatic heterocycles. The Balaban J connectivity index is -0.000000886. The number of nitrogens with zero attached hydrogens (tertiary/aromatic N) is 1. The van der Waals surface area contributed by atoms with E-state index < -0.39 is 0 Å². The first-order chi connectivity index (χ1) is 20.3. The summed E-state index contributed by atoms with van der Waals surface area (Å²) in [5.74, 6) is 0.848. The highest BCUT2D eigenvalue weighted by molar-refractivity contribution is 6.32. The van der Waals surface area contributed by atoms with Crippen molar-refractivity contribution in [3.8, 4) is 5.75 Å². The van der Waals surface area contributed by atoms with Crippen molar-refractivity contribution >= 4 is 29.3 Å². The number of halogens is 1. The molecule has 43 heavy (non-hydrogen) atoms. The van der Waals surface area contributed by atoms with Crippen LogP contribution in [0, 0.1) is 0 Å². The lowest BCUT2D eigenvalue weighted by atomic mass is 10.0. The number of aliphatic imine (C=N–C) groups is 1. The fraction of sp³-hybridized carbons (Fsp3) is 0.316. The zero-order valence-corrected chi connectivity index (χ0v) is 29.2. The number of carbonyl (C=O) groups excluding carboxylic acids is 1. The summed E-state index contributed by atoms with van der Waals surface area (Å²) in [4.78, 5) is 13.3. The first-order valence-electron chi connectivity index (χ1n) is 14.5. The van der Waals surface area contributed by atoms with E-state index >= 15 is 0 Å². The average molecular weight is 607 g/mol. The van der Waals surface area contributed by atoms with Gasteiger partial charge < -0.3 is 15.2 Å². The normalized spacial score (nSPS) is 12.6. The Hall–Kier alpha value is -3.89. The number of carbonyl (C=O) groups is 1. The average Bonchev–Trinajstić information content (AvgIpc) is 2.97.